The predicted octanol–water partition coefficient (Wildman–Crippen LogP) is 14.1. The Morgan fingerprint density at radius 3 is 1.21 bits per heavy atom. The molecule has 5 nitrogen and oxygen atoms in total. The van der Waals surface area contributed by atoms with Gasteiger partial charge in [0.25, 0.3) is 11.6 Å². The molecule has 0 bridgehead atoms. The Bertz CT molecular complexity index is 3710. The Hall–Kier alpha value is -7.76. The van der Waals surface area contributed by atoms with E-state index < -0.39 is 5.66 Å². The van der Waals surface area contributed by atoms with Crippen molar-refractivity contribution in [1.29, 1.82) is 0 Å². The fourth-order valence-corrected chi connectivity index (χ4v) is 14.2. The first-order valence-corrected chi connectivity index (χ1v) is 24.0. The molecule has 7 aliphatic heterocycles. The van der Waals surface area contributed by atoms with E-state index in [1.54, 1.807) is 0 Å². The zero-order valence-corrected chi connectivity index (χ0v) is 38.5. The summed E-state index contributed by atoms with van der Waals surface area (Å²) in [5.41, 5.74) is 25.3. The Morgan fingerprint density at radius 1 is 0.313 bits per heavy atom. The van der Waals surface area contributed by atoms with Crippen molar-refractivity contribution in [2.45, 2.75) is 63.5 Å². The predicted molar refractivity (Wildman–Crippen MR) is 269 cm³/mol. The van der Waals surface area contributed by atoms with Gasteiger partial charge in [0.15, 0.2) is 22.8 Å². The molecule has 16 rings (SSSR count). The summed E-state index contributed by atoms with van der Waals surface area (Å²) in [6.45, 7) is 14.8. The van der Waals surface area contributed by atoms with Crippen LogP contribution >= 0.6 is 0 Å². The minimum absolute atomic E-state index is 0.285. The maximum atomic E-state index is 2.79. The van der Waals surface area contributed by atoms with Gasteiger partial charge in [0, 0.05) is 50.6 Å². The second-order valence-electron chi connectivity index (χ2n) is 21.4. The van der Waals surface area contributed by atoms with E-state index in [1.165, 1.54) is 130 Å². The molecule has 0 aliphatic carbocycles. The Labute approximate surface area is 391 Å². The highest BCUT2D eigenvalue weighted by atomic mass is 15.5. The average molecular weight is 862 g/mol. The summed E-state index contributed by atoms with van der Waals surface area (Å²) in [5, 5.41) is 0. The third-order valence-corrected chi connectivity index (χ3v) is 17.2. The highest BCUT2D eigenvalue weighted by molar-refractivity contribution is 6.04. The van der Waals surface area contributed by atoms with Gasteiger partial charge in [-0.1, -0.05) is 163 Å². The van der Waals surface area contributed by atoms with E-state index in [4.69, 9.17) is 0 Å². The van der Waals surface area contributed by atoms with Gasteiger partial charge in [0.1, 0.15) is 22.5 Å². The van der Waals surface area contributed by atoms with E-state index in [1.807, 2.05) is 0 Å². The second kappa shape index (κ2) is 11.4. The van der Waals surface area contributed by atoms with E-state index >= 15 is 0 Å². The van der Waals surface area contributed by atoms with E-state index in [0.29, 0.717) is 0 Å². The summed E-state index contributed by atoms with van der Waals surface area (Å²) in [4.78, 5) is 8.02. The number of para-hydroxylation sites is 3. The maximum Gasteiger partial charge on any atom is 0.319 e. The highest BCUT2D eigenvalue weighted by Crippen LogP contribution is 2.71. The van der Waals surface area contributed by atoms with E-state index in [2.05, 4.69) is 241 Å². The van der Waals surface area contributed by atoms with Crippen LogP contribution < -0.4 is 23.8 Å². The SMILES string of the molecule is CC1(C)c2ccccc2N2c3c1ccc1c3C34c5c6c(cc7c5N(c5ccccc5C7(C)C)c5cc(-c7ccccc7)cc([n+]53)-c3cc(-c5ccccc5)cc2[n+]34)C(C)(C)c2ccccc2N16. The van der Waals surface area contributed by atoms with Crippen molar-refractivity contribution in [3.05, 3.63) is 220 Å². The van der Waals surface area contributed by atoms with Crippen LogP contribution in [0, 0.1) is 0 Å². The van der Waals surface area contributed by atoms with Crippen LogP contribution in [-0.2, 0) is 21.9 Å². The molecule has 1 spiro atoms. The fraction of sp³-hybridized carbons (Fsp3) is 0.161. The number of rotatable bonds is 2. The van der Waals surface area contributed by atoms with Gasteiger partial charge in [-0.2, -0.15) is 18.9 Å². The summed E-state index contributed by atoms with van der Waals surface area (Å²) in [6, 6.07) is 67.3. The van der Waals surface area contributed by atoms with Gasteiger partial charge in [-0.05, 0) is 75.8 Å². The first-order valence-electron chi connectivity index (χ1n) is 24.0. The molecule has 0 amide bonds. The van der Waals surface area contributed by atoms with Gasteiger partial charge in [0.05, 0.1) is 17.1 Å². The molecule has 0 N–H and O–H groups in total. The normalized spacial score (nSPS) is 19.2. The molecule has 9 aromatic rings. The Kier molecular flexibility index (Phi) is 6.22. The maximum absolute atomic E-state index is 2.79. The molecule has 0 saturated heterocycles. The molecule has 7 aliphatic rings. The summed E-state index contributed by atoms with van der Waals surface area (Å²) in [7, 11) is 0. The summed E-state index contributed by atoms with van der Waals surface area (Å²) < 4.78 is 5.59. The zero-order chi connectivity index (χ0) is 44.7. The topological polar surface area (TPSA) is 17.5 Å². The molecule has 2 aromatic heterocycles. The number of fused-ring (bicyclic) bond motifs is 10. The molecule has 0 saturated carbocycles. The van der Waals surface area contributed by atoms with Gasteiger partial charge in [-0.3, -0.25) is 0 Å². The molecule has 1 unspecified atom stereocenters. The molecule has 0 radical (unpaired) electrons. The summed E-state index contributed by atoms with van der Waals surface area (Å²) in [6.07, 6.45) is 0. The summed E-state index contributed by atoms with van der Waals surface area (Å²) >= 11 is 0. The molecule has 0 fully saturated rings. The van der Waals surface area contributed by atoms with Crippen LogP contribution in [0.3, 0.4) is 0 Å². The van der Waals surface area contributed by atoms with Crippen LogP contribution in [0.15, 0.2) is 176 Å². The van der Waals surface area contributed by atoms with Gasteiger partial charge < -0.3 is 4.90 Å². The van der Waals surface area contributed by atoms with E-state index in [9.17, 15) is 0 Å². The largest absolute Gasteiger partial charge is 0.319 e. The van der Waals surface area contributed by atoms with Crippen LogP contribution in [0.5, 0.6) is 0 Å². The molecule has 1 atom stereocenters. The first-order chi connectivity index (χ1) is 32.5. The quantitative estimate of drug-likeness (QED) is 0.161. The minimum atomic E-state index is -0.799. The lowest BCUT2D eigenvalue weighted by molar-refractivity contribution is -0.928. The standard InChI is InChI=1S/C62H47N5/c1-59(2)41-24-14-17-27-47(41)64-52-33-38(36-19-9-7-10-20-36)31-50-51-32-39(37-21-11-8-12-22-37)34-53-65-48-28-18-15-25-42(48)61(5,6)45-35-44-57-55(58(45)65)62(66(50)52,67(51)53)54-49(30-29-43(59)56(54)64)63(57)46-26-16-13-23-40(46)60(44,3)4/h7-35H,1-6H3/q+2. The van der Waals surface area contributed by atoms with Crippen LogP contribution in [-0.4, -0.2) is 0 Å². The van der Waals surface area contributed by atoms with Crippen LogP contribution in [0.2, 0.25) is 0 Å². The molecule has 7 aromatic carbocycles. The van der Waals surface area contributed by atoms with Gasteiger partial charge in [-0.15, -0.1) is 0 Å². The fourth-order valence-electron chi connectivity index (χ4n) is 14.2. The lowest BCUT2D eigenvalue weighted by Crippen LogP contribution is -2.77. The third-order valence-electron chi connectivity index (χ3n) is 17.2. The molecular weight excluding hydrogens is 815 g/mol. The van der Waals surface area contributed by atoms with Crippen molar-refractivity contribution in [3.8, 4) is 33.6 Å². The van der Waals surface area contributed by atoms with Crippen molar-refractivity contribution >= 4 is 51.4 Å². The van der Waals surface area contributed by atoms with Crippen LogP contribution in [0.1, 0.15) is 86.1 Å². The second-order valence-corrected chi connectivity index (χ2v) is 21.4. The molecule has 5 heteroatoms. The number of nitrogens with zero attached hydrogens (tertiary/aromatic N) is 5. The molecule has 67 heavy (non-hydrogen) atoms. The Morgan fingerprint density at radius 2 is 0.716 bits per heavy atom. The number of anilines is 9. The van der Waals surface area contributed by atoms with Gasteiger partial charge in [0.2, 0.25) is 0 Å². The first kappa shape index (κ1) is 36.5. The molecular formula is C62H47N5+2. The number of aromatic nitrogens is 2. The minimum Gasteiger partial charge on any atom is -0.308 e. The lowest BCUT2D eigenvalue weighted by atomic mass is 9.62. The highest BCUT2D eigenvalue weighted by Gasteiger charge is 2.74. The van der Waals surface area contributed by atoms with E-state index in [-0.39, 0.29) is 16.2 Å². The monoisotopic (exact) mass is 861 g/mol. The molecule has 9 heterocycles. The van der Waals surface area contributed by atoms with Crippen molar-refractivity contribution in [2.75, 3.05) is 14.7 Å². The van der Waals surface area contributed by atoms with Crippen molar-refractivity contribution in [3.63, 3.8) is 0 Å². The third kappa shape index (κ3) is 3.87. The van der Waals surface area contributed by atoms with Crippen LogP contribution in [0.25, 0.3) is 33.6 Å². The number of hydrogen-bond acceptors (Lipinski definition) is 3. The number of pyridine rings is 2. The smallest absolute Gasteiger partial charge is 0.308 e. The lowest BCUT2D eigenvalue weighted by Gasteiger charge is -2.54. The average Bonchev–Trinajstić information content (AvgIpc) is 3.65. The van der Waals surface area contributed by atoms with Crippen molar-refractivity contribution < 1.29 is 9.13 Å². The van der Waals surface area contributed by atoms with Crippen LogP contribution in [0.4, 0.5) is 51.4 Å². The molecule has 318 valence electrons. The zero-order valence-electron chi connectivity index (χ0n) is 38.5. The van der Waals surface area contributed by atoms with Gasteiger partial charge >= 0.3 is 5.66 Å². The summed E-state index contributed by atoms with van der Waals surface area (Å²) in [5.74, 6) is 2.36. The van der Waals surface area contributed by atoms with E-state index in [0.717, 1.165) is 0 Å². The number of hydrogen-bond donors (Lipinski definition) is 0. The van der Waals surface area contributed by atoms with Crippen molar-refractivity contribution in [1.82, 2.24) is 0 Å². The van der Waals surface area contributed by atoms with Crippen molar-refractivity contribution in [2.24, 2.45) is 0 Å². The Balaban J connectivity index is 1.20. The van der Waals surface area contributed by atoms with Gasteiger partial charge in [-0.25, -0.2) is 0 Å². The number of benzene rings is 7.